The Balaban J connectivity index is 1.60. The second-order valence-corrected chi connectivity index (χ2v) is 8.37. The fourth-order valence-electron chi connectivity index (χ4n) is 2.94. The molecule has 0 saturated carbocycles. The van der Waals surface area contributed by atoms with Crippen molar-refractivity contribution in [1.82, 2.24) is 19.7 Å². The number of benzene rings is 2. The first-order valence-corrected chi connectivity index (χ1v) is 11.0. The number of halogens is 1. The van der Waals surface area contributed by atoms with Gasteiger partial charge in [0, 0.05) is 28.1 Å². The number of anilines is 1. The summed E-state index contributed by atoms with van der Waals surface area (Å²) in [4.78, 5) is 16.7. The number of hydrogen-bond acceptors (Lipinski definition) is 5. The van der Waals surface area contributed by atoms with Crippen LogP contribution in [-0.4, -0.2) is 31.4 Å². The van der Waals surface area contributed by atoms with Crippen LogP contribution in [0.25, 0.3) is 17.1 Å². The van der Waals surface area contributed by atoms with E-state index >= 15 is 0 Å². The van der Waals surface area contributed by atoms with Crippen molar-refractivity contribution in [2.45, 2.75) is 12.1 Å². The number of aryl methyl sites for hydroxylation is 1. The zero-order valence-corrected chi connectivity index (χ0v) is 18.5. The molecule has 0 saturated heterocycles. The summed E-state index contributed by atoms with van der Waals surface area (Å²) in [6.45, 7) is 2.04. The Hall–Kier alpha value is -2.97. The molecule has 30 heavy (non-hydrogen) atoms. The first-order chi connectivity index (χ1) is 14.6. The van der Waals surface area contributed by atoms with Crippen molar-refractivity contribution >= 4 is 39.3 Å². The Labute approximate surface area is 186 Å². The van der Waals surface area contributed by atoms with Crippen molar-refractivity contribution in [1.29, 1.82) is 0 Å². The van der Waals surface area contributed by atoms with Gasteiger partial charge in [0.2, 0.25) is 5.91 Å². The predicted octanol–water partition coefficient (Wildman–Crippen LogP) is 5.13. The molecule has 2 aromatic carbocycles. The van der Waals surface area contributed by atoms with Crippen molar-refractivity contribution in [2.75, 3.05) is 11.1 Å². The monoisotopic (exact) mass is 479 g/mol. The number of amides is 1. The molecule has 4 rings (SSSR count). The van der Waals surface area contributed by atoms with Crippen molar-refractivity contribution in [2.24, 2.45) is 0 Å². The maximum atomic E-state index is 12.5. The summed E-state index contributed by atoms with van der Waals surface area (Å²) in [6, 6.07) is 19.3. The molecule has 8 heteroatoms. The molecule has 0 radical (unpaired) electrons. The van der Waals surface area contributed by atoms with Gasteiger partial charge in [-0.3, -0.25) is 14.3 Å². The molecule has 0 fully saturated rings. The molecule has 1 N–H and O–H groups in total. The van der Waals surface area contributed by atoms with Crippen molar-refractivity contribution < 1.29 is 4.79 Å². The third-order valence-corrected chi connectivity index (χ3v) is 5.83. The van der Waals surface area contributed by atoms with E-state index in [2.05, 4.69) is 36.4 Å². The van der Waals surface area contributed by atoms with Gasteiger partial charge in [0.1, 0.15) is 0 Å². The van der Waals surface area contributed by atoms with Gasteiger partial charge in [-0.2, -0.15) is 0 Å². The zero-order valence-electron chi connectivity index (χ0n) is 16.1. The molecule has 0 spiro atoms. The minimum absolute atomic E-state index is 0.107. The lowest BCUT2D eigenvalue weighted by molar-refractivity contribution is -0.113. The minimum Gasteiger partial charge on any atom is -0.325 e. The standard InChI is InChI=1S/C22H18BrN5OS/c1-15-5-2-3-7-19(15)28-21(16-6-4-12-24-13-16)26-27-22(28)30-14-20(29)25-18-10-8-17(23)9-11-18/h2-13H,14H2,1H3,(H,25,29). The number of nitrogens with zero attached hydrogens (tertiary/aromatic N) is 4. The van der Waals surface area contributed by atoms with Crippen molar-refractivity contribution in [3.63, 3.8) is 0 Å². The summed E-state index contributed by atoms with van der Waals surface area (Å²) < 4.78 is 2.94. The average molecular weight is 480 g/mol. The molecule has 6 nitrogen and oxygen atoms in total. The third kappa shape index (κ3) is 4.60. The van der Waals surface area contributed by atoms with E-state index in [0.717, 1.165) is 27.0 Å². The second kappa shape index (κ2) is 9.23. The van der Waals surface area contributed by atoms with E-state index in [4.69, 9.17) is 0 Å². The topological polar surface area (TPSA) is 72.7 Å². The molecule has 0 aliphatic rings. The maximum Gasteiger partial charge on any atom is 0.234 e. The van der Waals surface area contributed by atoms with Crippen LogP contribution in [0.4, 0.5) is 5.69 Å². The van der Waals surface area contributed by atoms with Gasteiger partial charge in [-0.25, -0.2) is 0 Å². The molecular weight excluding hydrogens is 462 g/mol. The Morgan fingerprint density at radius 2 is 1.87 bits per heavy atom. The van der Waals surface area contributed by atoms with Gasteiger partial charge in [-0.15, -0.1) is 10.2 Å². The van der Waals surface area contributed by atoms with E-state index in [0.29, 0.717) is 11.0 Å². The first-order valence-electron chi connectivity index (χ1n) is 9.22. The van der Waals surface area contributed by atoms with Gasteiger partial charge >= 0.3 is 0 Å². The summed E-state index contributed by atoms with van der Waals surface area (Å²) in [5.74, 6) is 0.797. The van der Waals surface area contributed by atoms with Crippen LogP contribution < -0.4 is 5.32 Å². The molecule has 150 valence electrons. The SMILES string of the molecule is Cc1ccccc1-n1c(SCC(=O)Nc2ccc(Br)cc2)nnc1-c1cccnc1. The third-order valence-electron chi connectivity index (χ3n) is 4.37. The minimum atomic E-state index is -0.107. The van der Waals surface area contributed by atoms with Gasteiger partial charge in [-0.05, 0) is 55.0 Å². The van der Waals surface area contributed by atoms with Crippen molar-refractivity contribution in [3.8, 4) is 17.1 Å². The summed E-state index contributed by atoms with van der Waals surface area (Å²) in [7, 11) is 0. The number of rotatable bonds is 6. The Kier molecular flexibility index (Phi) is 6.25. The predicted molar refractivity (Wildman–Crippen MR) is 123 cm³/mol. The van der Waals surface area contributed by atoms with Crippen LogP contribution in [-0.2, 0) is 4.79 Å². The highest BCUT2D eigenvalue weighted by atomic mass is 79.9. The lowest BCUT2D eigenvalue weighted by Gasteiger charge is -2.12. The van der Waals surface area contributed by atoms with Crippen LogP contribution in [0.2, 0.25) is 0 Å². The summed E-state index contributed by atoms with van der Waals surface area (Å²) >= 11 is 4.74. The van der Waals surface area contributed by atoms with E-state index in [1.165, 1.54) is 11.8 Å². The van der Waals surface area contributed by atoms with Gasteiger partial charge in [0.05, 0.1) is 11.4 Å². The molecule has 0 atom stereocenters. The number of aromatic nitrogens is 4. The van der Waals surface area contributed by atoms with E-state index < -0.39 is 0 Å². The number of hydrogen-bond donors (Lipinski definition) is 1. The van der Waals surface area contributed by atoms with Crippen LogP contribution in [0.5, 0.6) is 0 Å². The van der Waals surface area contributed by atoms with Crippen molar-refractivity contribution in [3.05, 3.63) is 83.1 Å². The lowest BCUT2D eigenvalue weighted by Crippen LogP contribution is -2.14. The van der Waals surface area contributed by atoms with Crippen LogP contribution in [0, 0.1) is 6.92 Å². The first kappa shape index (κ1) is 20.3. The highest BCUT2D eigenvalue weighted by Crippen LogP contribution is 2.29. The van der Waals surface area contributed by atoms with E-state index in [-0.39, 0.29) is 11.7 Å². The van der Waals surface area contributed by atoms with Gasteiger partial charge in [0.25, 0.3) is 0 Å². The number of nitrogens with one attached hydrogen (secondary N) is 1. The molecule has 1 amide bonds. The molecule has 2 aromatic heterocycles. The van der Waals surface area contributed by atoms with Gasteiger partial charge in [0.15, 0.2) is 11.0 Å². The quantitative estimate of drug-likeness (QED) is 0.388. The van der Waals surface area contributed by atoms with E-state index in [1.54, 1.807) is 12.4 Å². The number of pyridine rings is 1. The maximum absolute atomic E-state index is 12.5. The van der Waals surface area contributed by atoms with Crippen LogP contribution in [0.15, 0.2) is 82.7 Å². The Morgan fingerprint density at radius 1 is 1.07 bits per heavy atom. The molecule has 0 bridgehead atoms. The average Bonchev–Trinajstić information content (AvgIpc) is 3.18. The van der Waals surface area contributed by atoms with Gasteiger partial charge in [-0.1, -0.05) is 45.9 Å². The molecule has 0 aliphatic carbocycles. The fourth-order valence-corrected chi connectivity index (χ4v) is 3.95. The lowest BCUT2D eigenvalue weighted by atomic mass is 10.2. The summed E-state index contributed by atoms with van der Waals surface area (Å²) in [5.41, 5.74) is 3.67. The molecule has 4 aromatic rings. The molecule has 0 unspecified atom stereocenters. The number of carbonyl (C=O) groups excluding carboxylic acids is 1. The van der Waals surface area contributed by atoms with Crippen LogP contribution in [0.3, 0.4) is 0 Å². The summed E-state index contributed by atoms with van der Waals surface area (Å²) in [5, 5.41) is 12.3. The fraction of sp³-hybridized carbons (Fsp3) is 0.0909. The molecule has 0 aliphatic heterocycles. The summed E-state index contributed by atoms with van der Waals surface area (Å²) in [6.07, 6.45) is 3.48. The Morgan fingerprint density at radius 3 is 2.60 bits per heavy atom. The highest BCUT2D eigenvalue weighted by Gasteiger charge is 2.18. The second-order valence-electron chi connectivity index (χ2n) is 6.51. The molecular formula is C22H18BrN5OS. The normalized spacial score (nSPS) is 10.7. The molecule has 2 heterocycles. The largest absolute Gasteiger partial charge is 0.325 e. The van der Waals surface area contributed by atoms with Gasteiger partial charge < -0.3 is 5.32 Å². The van der Waals surface area contributed by atoms with E-state index in [1.807, 2.05) is 72.2 Å². The Bertz CT molecular complexity index is 1160. The number of para-hydroxylation sites is 1. The van der Waals surface area contributed by atoms with Crippen LogP contribution >= 0.6 is 27.7 Å². The highest BCUT2D eigenvalue weighted by molar-refractivity contribution is 9.10. The number of thioether (sulfide) groups is 1. The smallest absolute Gasteiger partial charge is 0.234 e. The van der Waals surface area contributed by atoms with Crippen LogP contribution in [0.1, 0.15) is 5.56 Å². The zero-order chi connectivity index (χ0) is 20.9. The number of carbonyl (C=O) groups is 1. The van der Waals surface area contributed by atoms with E-state index in [9.17, 15) is 4.79 Å².